The van der Waals surface area contributed by atoms with Gasteiger partial charge in [0.15, 0.2) is 0 Å². The van der Waals surface area contributed by atoms with Gasteiger partial charge in [0.2, 0.25) is 0 Å². The highest BCUT2D eigenvalue weighted by atomic mass is 79.9. The summed E-state index contributed by atoms with van der Waals surface area (Å²) in [4.78, 5) is 18.8. The summed E-state index contributed by atoms with van der Waals surface area (Å²) in [7, 11) is 0. The third-order valence-electron chi connectivity index (χ3n) is 8.71. The van der Waals surface area contributed by atoms with E-state index in [0.29, 0.717) is 25.0 Å². The van der Waals surface area contributed by atoms with Gasteiger partial charge in [0, 0.05) is 84.4 Å². The van der Waals surface area contributed by atoms with Crippen LogP contribution in [0.1, 0.15) is 22.3 Å². The summed E-state index contributed by atoms with van der Waals surface area (Å²) in [5, 5.41) is 9.60. The largest absolute Gasteiger partial charge is 0.396 e. The molecule has 2 aliphatic rings. The lowest BCUT2D eigenvalue weighted by molar-refractivity contribution is 0.170. The van der Waals surface area contributed by atoms with Crippen LogP contribution in [-0.4, -0.2) is 102 Å². The minimum atomic E-state index is 0.180. The van der Waals surface area contributed by atoms with Gasteiger partial charge in [-0.1, -0.05) is 101 Å². The standard InChI is InChI=1S/C21H25N3O.C18H23N3O.C3H3Br/c1-2-15-25-16-10-19-8-9-21(22-17-19)24-13-11-23(12-14-24)18-20-6-4-3-5-7-20;22-13-8-16-6-7-18(19-14-16)21-11-9-20(10-12-21)15-17-4-2-1-3-5-17;1-2-3-4/h1,3-9,17H,10-16,18H2;1-7,14,22H,8-13,15H2;1H,3H2. The first-order valence-electron chi connectivity index (χ1n) is 17.7. The first kappa shape index (κ1) is 39.6. The number of benzene rings is 2. The maximum Gasteiger partial charge on any atom is 0.128 e. The summed E-state index contributed by atoms with van der Waals surface area (Å²) in [6.45, 7) is 11.6. The van der Waals surface area contributed by atoms with Crippen LogP contribution in [0.5, 0.6) is 0 Å². The molecular weight excluding hydrogens is 700 g/mol. The van der Waals surface area contributed by atoms with E-state index < -0.39 is 0 Å². The Labute approximate surface area is 313 Å². The first-order chi connectivity index (χ1) is 25.1. The average Bonchev–Trinajstić information content (AvgIpc) is 3.19. The van der Waals surface area contributed by atoms with Crippen LogP contribution in [-0.2, 0) is 30.7 Å². The minimum absolute atomic E-state index is 0.180. The van der Waals surface area contributed by atoms with Gasteiger partial charge in [0.25, 0.3) is 0 Å². The number of anilines is 2. The van der Waals surface area contributed by atoms with Crippen LogP contribution in [0.3, 0.4) is 0 Å². The van der Waals surface area contributed by atoms with Crippen molar-refractivity contribution in [3.8, 4) is 24.7 Å². The minimum Gasteiger partial charge on any atom is -0.396 e. The molecule has 8 nitrogen and oxygen atoms in total. The Morgan fingerprint density at radius 3 is 1.43 bits per heavy atom. The van der Waals surface area contributed by atoms with E-state index in [0.717, 1.165) is 89.1 Å². The number of ether oxygens (including phenoxy) is 1. The van der Waals surface area contributed by atoms with Crippen LogP contribution >= 0.6 is 15.9 Å². The van der Waals surface area contributed by atoms with Crippen molar-refractivity contribution < 1.29 is 9.84 Å². The van der Waals surface area contributed by atoms with Crippen molar-refractivity contribution in [2.24, 2.45) is 0 Å². The normalized spacial score (nSPS) is 14.7. The Morgan fingerprint density at radius 2 is 1.06 bits per heavy atom. The fraction of sp³-hybridized carbons (Fsp3) is 0.381. The smallest absolute Gasteiger partial charge is 0.128 e. The summed E-state index contributed by atoms with van der Waals surface area (Å²) >= 11 is 3.01. The molecule has 6 rings (SSSR count). The maximum absolute atomic E-state index is 8.94. The number of halogens is 1. The molecule has 1 N–H and O–H groups in total. The molecule has 2 saturated heterocycles. The number of hydrogen-bond donors (Lipinski definition) is 1. The summed E-state index contributed by atoms with van der Waals surface area (Å²) < 4.78 is 5.31. The molecule has 0 atom stereocenters. The lowest BCUT2D eigenvalue weighted by atomic mass is 10.2. The lowest BCUT2D eigenvalue weighted by Crippen LogP contribution is -2.46. The second kappa shape index (κ2) is 23.3. The summed E-state index contributed by atoms with van der Waals surface area (Å²) in [6.07, 6.45) is 15.2. The van der Waals surface area contributed by atoms with Crippen molar-refractivity contribution in [1.29, 1.82) is 0 Å². The van der Waals surface area contributed by atoms with Gasteiger partial charge in [-0.15, -0.1) is 12.8 Å². The zero-order valence-corrected chi connectivity index (χ0v) is 31.2. The molecule has 2 aliphatic heterocycles. The molecule has 2 aromatic heterocycles. The molecule has 0 spiro atoms. The number of hydrogen-bond acceptors (Lipinski definition) is 8. The highest BCUT2D eigenvalue weighted by Gasteiger charge is 2.19. The first-order valence-corrected chi connectivity index (χ1v) is 18.8. The number of piperazine rings is 2. The van der Waals surface area contributed by atoms with Crippen molar-refractivity contribution in [1.82, 2.24) is 19.8 Å². The van der Waals surface area contributed by atoms with Crippen LogP contribution < -0.4 is 9.80 Å². The molecule has 4 aromatic rings. The van der Waals surface area contributed by atoms with E-state index in [2.05, 4.69) is 142 Å². The number of pyridine rings is 2. The van der Waals surface area contributed by atoms with E-state index in [9.17, 15) is 0 Å². The molecule has 0 amide bonds. The van der Waals surface area contributed by atoms with E-state index in [4.69, 9.17) is 22.7 Å². The van der Waals surface area contributed by atoms with Gasteiger partial charge in [0.1, 0.15) is 18.2 Å². The Bertz CT molecular complexity index is 1580. The number of rotatable bonds is 12. The number of aliphatic hydroxyl groups excluding tert-OH is 1. The zero-order valence-electron chi connectivity index (χ0n) is 29.6. The molecule has 9 heteroatoms. The van der Waals surface area contributed by atoms with Gasteiger partial charge < -0.3 is 19.6 Å². The van der Waals surface area contributed by atoms with Gasteiger partial charge in [-0.2, -0.15) is 0 Å². The molecule has 0 unspecified atom stereocenters. The third kappa shape index (κ3) is 14.5. The molecule has 0 radical (unpaired) electrons. The third-order valence-corrected chi connectivity index (χ3v) is 9.03. The summed E-state index contributed by atoms with van der Waals surface area (Å²) in [6, 6.07) is 29.7. The van der Waals surface area contributed by atoms with Gasteiger partial charge >= 0.3 is 0 Å². The topological polar surface area (TPSA) is 68.2 Å². The van der Waals surface area contributed by atoms with E-state index >= 15 is 0 Å². The van der Waals surface area contributed by atoms with Crippen molar-refractivity contribution in [2.45, 2.75) is 25.9 Å². The Morgan fingerprint density at radius 1 is 0.608 bits per heavy atom. The van der Waals surface area contributed by atoms with Crippen molar-refractivity contribution in [2.75, 3.05) is 87.3 Å². The Hall–Kier alpha value is -4.22. The van der Waals surface area contributed by atoms with Crippen LogP contribution in [0.25, 0.3) is 0 Å². The predicted molar refractivity (Wildman–Crippen MR) is 213 cm³/mol. The van der Waals surface area contributed by atoms with Crippen molar-refractivity contribution >= 4 is 27.6 Å². The SMILES string of the molecule is C#CCBr.C#CCOCCc1ccc(N2CCN(Cc3ccccc3)CC2)nc1.OCCc1ccc(N2CCN(Cc3ccccc3)CC2)nc1. The fourth-order valence-electron chi connectivity index (χ4n) is 5.91. The quantitative estimate of drug-likeness (QED) is 0.115. The second-order valence-corrected chi connectivity index (χ2v) is 12.9. The van der Waals surface area contributed by atoms with Gasteiger partial charge in [-0.25, -0.2) is 9.97 Å². The van der Waals surface area contributed by atoms with E-state index in [1.54, 1.807) is 0 Å². The molecule has 4 heterocycles. The highest BCUT2D eigenvalue weighted by Crippen LogP contribution is 2.17. The molecule has 0 aliphatic carbocycles. The van der Waals surface area contributed by atoms with Crippen LogP contribution in [0.4, 0.5) is 11.6 Å². The molecular formula is C42H51BrN6O2. The fourth-order valence-corrected chi connectivity index (χ4v) is 5.91. The molecule has 0 saturated carbocycles. The Balaban J connectivity index is 0.000000208. The van der Waals surface area contributed by atoms with Crippen LogP contribution in [0.15, 0.2) is 97.3 Å². The van der Waals surface area contributed by atoms with Gasteiger partial charge in [-0.05, 0) is 47.2 Å². The second-order valence-electron chi connectivity index (χ2n) is 12.4. The number of aliphatic hydroxyl groups is 1. The number of alkyl halides is 1. The van der Waals surface area contributed by atoms with E-state index in [1.165, 1.54) is 16.7 Å². The van der Waals surface area contributed by atoms with Crippen molar-refractivity contribution in [3.05, 3.63) is 120 Å². The van der Waals surface area contributed by atoms with Crippen molar-refractivity contribution in [3.63, 3.8) is 0 Å². The summed E-state index contributed by atoms with van der Waals surface area (Å²) in [5.74, 6) is 6.93. The monoisotopic (exact) mass is 750 g/mol. The maximum atomic E-state index is 8.94. The van der Waals surface area contributed by atoms with E-state index in [1.807, 2.05) is 12.4 Å². The molecule has 0 bridgehead atoms. The molecule has 2 fully saturated rings. The number of terminal acetylenes is 2. The van der Waals surface area contributed by atoms with E-state index in [-0.39, 0.29) is 6.61 Å². The van der Waals surface area contributed by atoms with Gasteiger partial charge in [0.05, 0.1) is 11.9 Å². The van der Waals surface area contributed by atoms with Crippen LogP contribution in [0, 0.1) is 24.7 Å². The number of nitrogens with zero attached hydrogens (tertiary/aromatic N) is 6. The average molecular weight is 752 g/mol. The number of aromatic nitrogens is 2. The highest BCUT2D eigenvalue weighted by molar-refractivity contribution is 9.09. The molecule has 51 heavy (non-hydrogen) atoms. The zero-order chi connectivity index (χ0) is 35.9. The van der Waals surface area contributed by atoms with Crippen LogP contribution in [0.2, 0.25) is 0 Å². The van der Waals surface area contributed by atoms with Gasteiger partial charge in [-0.3, -0.25) is 9.80 Å². The Kier molecular flexibility index (Phi) is 18.1. The lowest BCUT2D eigenvalue weighted by Gasteiger charge is -2.35. The molecule has 268 valence electrons. The summed E-state index contributed by atoms with van der Waals surface area (Å²) in [5.41, 5.74) is 5.03. The molecule has 2 aromatic carbocycles. The predicted octanol–water partition coefficient (Wildman–Crippen LogP) is 5.55.